The number of imidazole rings is 1. The van der Waals surface area contributed by atoms with Crippen LogP contribution in [0.4, 0.5) is 0 Å². The Labute approximate surface area is 127 Å². The average molecular weight is 294 g/mol. The Balaban J connectivity index is 2.23. The van der Waals surface area contributed by atoms with Crippen LogP contribution in [0.25, 0.3) is 23.0 Å². The number of hydrogen-bond acceptors (Lipinski definition) is 3. The summed E-state index contributed by atoms with van der Waals surface area (Å²) in [5.74, 6) is -0.273. The molecule has 0 aliphatic rings. The molecular weight excluding hydrogens is 280 g/mol. The molecule has 0 amide bonds. The number of ether oxygens (including phenoxy) is 1. The maximum atomic E-state index is 10.8. The van der Waals surface area contributed by atoms with Gasteiger partial charge < -0.3 is 9.84 Å². The van der Waals surface area contributed by atoms with Gasteiger partial charge in [0, 0.05) is 17.8 Å². The Bertz CT molecular complexity index is 865. The fourth-order valence-electron chi connectivity index (χ4n) is 2.31. The highest BCUT2D eigenvalue weighted by molar-refractivity contribution is 5.87. The molecule has 0 saturated heterocycles. The first-order chi connectivity index (χ1) is 10.7. The summed E-state index contributed by atoms with van der Waals surface area (Å²) in [7, 11) is 1.61. The van der Waals surface area contributed by atoms with Crippen LogP contribution in [-0.4, -0.2) is 27.6 Å². The van der Waals surface area contributed by atoms with E-state index in [0.29, 0.717) is 11.4 Å². The molecule has 3 aromatic rings. The van der Waals surface area contributed by atoms with Crippen molar-refractivity contribution in [2.24, 2.45) is 0 Å². The van der Waals surface area contributed by atoms with Gasteiger partial charge in [-0.3, -0.25) is 4.40 Å². The van der Waals surface area contributed by atoms with Gasteiger partial charge in [-0.05, 0) is 30.3 Å². The lowest BCUT2D eigenvalue weighted by Gasteiger charge is -2.03. The topological polar surface area (TPSA) is 63.8 Å². The van der Waals surface area contributed by atoms with E-state index < -0.39 is 5.97 Å². The molecule has 1 aromatic carbocycles. The zero-order valence-corrected chi connectivity index (χ0v) is 11.9. The third kappa shape index (κ3) is 2.56. The molecule has 0 bridgehead atoms. The van der Waals surface area contributed by atoms with Gasteiger partial charge in [-0.2, -0.15) is 0 Å². The molecule has 0 radical (unpaired) electrons. The van der Waals surface area contributed by atoms with Gasteiger partial charge in [0.05, 0.1) is 18.5 Å². The number of nitrogens with zero attached hydrogens (tertiary/aromatic N) is 2. The Morgan fingerprint density at radius 1 is 1.27 bits per heavy atom. The number of aliphatic carboxylic acids is 1. The number of rotatable bonds is 4. The molecule has 0 aliphatic heterocycles. The molecule has 110 valence electrons. The van der Waals surface area contributed by atoms with Crippen LogP contribution in [0.5, 0.6) is 5.75 Å². The molecule has 0 atom stereocenters. The van der Waals surface area contributed by atoms with Crippen LogP contribution in [0.1, 0.15) is 5.69 Å². The molecule has 3 rings (SSSR count). The van der Waals surface area contributed by atoms with E-state index in [1.54, 1.807) is 13.2 Å². The lowest BCUT2D eigenvalue weighted by atomic mass is 10.1. The van der Waals surface area contributed by atoms with Gasteiger partial charge in [-0.15, -0.1) is 0 Å². The lowest BCUT2D eigenvalue weighted by molar-refractivity contribution is -0.131. The number of pyridine rings is 1. The first-order valence-electron chi connectivity index (χ1n) is 6.71. The Kier molecular flexibility index (Phi) is 3.62. The van der Waals surface area contributed by atoms with Crippen molar-refractivity contribution in [3.05, 3.63) is 60.4 Å². The van der Waals surface area contributed by atoms with Crippen molar-refractivity contribution in [1.82, 2.24) is 9.38 Å². The van der Waals surface area contributed by atoms with Crippen molar-refractivity contribution in [3.8, 4) is 17.0 Å². The largest absolute Gasteiger partial charge is 0.497 e. The first kappa shape index (κ1) is 13.9. The highest BCUT2D eigenvalue weighted by Gasteiger charge is 2.12. The molecule has 22 heavy (non-hydrogen) atoms. The maximum Gasteiger partial charge on any atom is 0.328 e. The standard InChI is InChI=1S/C17H14N2O3/c1-22-13-6-4-5-12(11-13)17-14(8-9-16(20)21)19-10-3-2-7-15(19)18-17/h2-11H,1H3,(H,20,21)/b9-8+. The number of fused-ring (bicyclic) bond motifs is 1. The predicted octanol–water partition coefficient (Wildman–Crippen LogP) is 3.11. The molecule has 5 nitrogen and oxygen atoms in total. The van der Waals surface area contributed by atoms with Gasteiger partial charge in [0.2, 0.25) is 0 Å². The van der Waals surface area contributed by atoms with Crippen molar-refractivity contribution >= 4 is 17.7 Å². The van der Waals surface area contributed by atoms with E-state index in [-0.39, 0.29) is 0 Å². The average Bonchev–Trinajstić information content (AvgIpc) is 2.91. The normalized spacial score (nSPS) is 11.1. The highest BCUT2D eigenvalue weighted by Crippen LogP contribution is 2.28. The van der Waals surface area contributed by atoms with E-state index in [0.717, 1.165) is 23.0 Å². The van der Waals surface area contributed by atoms with Gasteiger partial charge in [0.1, 0.15) is 11.4 Å². The molecule has 0 saturated carbocycles. The van der Waals surface area contributed by atoms with Crippen LogP contribution in [-0.2, 0) is 4.79 Å². The summed E-state index contributed by atoms with van der Waals surface area (Å²) in [5, 5.41) is 8.89. The van der Waals surface area contributed by atoms with Gasteiger partial charge in [0.15, 0.2) is 0 Å². The smallest absolute Gasteiger partial charge is 0.328 e. The van der Waals surface area contributed by atoms with Gasteiger partial charge >= 0.3 is 5.97 Å². The number of aromatic nitrogens is 2. The third-order valence-electron chi connectivity index (χ3n) is 3.29. The summed E-state index contributed by atoms with van der Waals surface area (Å²) in [6.45, 7) is 0. The summed E-state index contributed by atoms with van der Waals surface area (Å²) in [5.41, 5.74) is 3.05. The number of carboxylic acids is 1. The minimum atomic E-state index is -0.998. The fourth-order valence-corrected chi connectivity index (χ4v) is 2.31. The maximum absolute atomic E-state index is 10.8. The van der Waals surface area contributed by atoms with Crippen LogP contribution in [0.2, 0.25) is 0 Å². The summed E-state index contributed by atoms with van der Waals surface area (Å²) >= 11 is 0. The van der Waals surface area contributed by atoms with E-state index >= 15 is 0 Å². The van der Waals surface area contributed by atoms with Crippen molar-refractivity contribution in [1.29, 1.82) is 0 Å². The number of hydrogen-bond donors (Lipinski definition) is 1. The second-order valence-corrected chi connectivity index (χ2v) is 4.68. The van der Waals surface area contributed by atoms with E-state index in [1.165, 1.54) is 0 Å². The molecule has 0 unspecified atom stereocenters. The number of carbonyl (C=O) groups is 1. The summed E-state index contributed by atoms with van der Waals surface area (Å²) in [4.78, 5) is 15.4. The highest BCUT2D eigenvalue weighted by atomic mass is 16.5. The van der Waals surface area contributed by atoms with E-state index in [1.807, 2.05) is 53.1 Å². The van der Waals surface area contributed by atoms with E-state index in [9.17, 15) is 4.79 Å². The molecule has 1 N–H and O–H groups in total. The van der Waals surface area contributed by atoms with Crippen LogP contribution < -0.4 is 4.74 Å². The molecule has 5 heteroatoms. The predicted molar refractivity (Wildman–Crippen MR) is 83.8 cm³/mol. The number of methoxy groups -OCH3 is 1. The quantitative estimate of drug-likeness (QED) is 0.751. The van der Waals surface area contributed by atoms with Crippen LogP contribution in [0.3, 0.4) is 0 Å². The SMILES string of the molecule is COc1cccc(-c2nc3ccccn3c2/C=C/C(=O)O)c1. The van der Waals surface area contributed by atoms with Crippen molar-refractivity contribution < 1.29 is 14.6 Å². The minimum Gasteiger partial charge on any atom is -0.497 e. The fraction of sp³-hybridized carbons (Fsp3) is 0.0588. The van der Waals surface area contributed by atoms with Crippen LogP contribution in [0.15, 0.2) is 54.7 Å². The molecule has 0 aliphatic carbocycles. The Hall–Kier alpha value is -3.08. The second-order valence-electron chi connectivity index (χ2n) is 4.68. The molecule has 0 spiro atoms. The third-order valence-corrected chi connectivity index (χ3v) is 3.29. The summed E-state index contributed by atoms with van der Waals surface area (Å²) in [6, 6.07) is 13.2. The summed E-state index contributed by atoms with van der Waals surface area (Å²) in [6.07, 6.45) is 4.52. The number of benzene rings is 1. The molecular formula is C17H14N2O3. The van der Waals surface area contributed by atoms with Crippen molar-refractivity contribution in [2.45, 2.75) is 0 Å². The lowest BCUT2D eigenvalue weighted by Crippen LogP contribution is -1.91. The van der Waals surface area contributed by atoms with Gasteiger partial charge in [0.25, 0.3) is 0 Å². The molecule has 2 aromatic heterocycles. The van der Waals surface area contributed by atoms with Gasteiger partial charge in [-0.1, -0.05) is 18.2 Å². The van der Waals surface area contributed by atoms with Crippen LogP contribution >= 0.6 is 0 Å². The minimum absolute atomic E-state index is 0.711. The zero-order chi connectivity index (χ0) is 15.5. The van der Waals surface area contributed by atoms with Crippen LogP contribution in [0, 0.1) is 0 Å². The second kappa shape index (κ2) is 5.73. The summed E-state index contributed by atoms with van der Waals surface area (Å²) < 4.78 is 7.10. The van der Waals surface area contributed by atoms with Crippen molar-refractivity contribution in [2.75, 3.05) is 7.11 Å². The van der Waals surface area contributed by atoms with Gasteiger partial charge in [-0.25, -0.2) is 9.78 Å². The zero-order valence-electron chi connectivity index (χ0n) is 11.9. The monoisotopic (exact) mass is 294 g/mol. The van der Waals surface area contributed by atoms with E-state index in [4.69, 9.17) is 9.84 Å². The Morgan fingerprint density at radius 2 is 2.14 bits per heavy atom. The first-order valence-corrected chi connectivity index (χ1v) is 6.71. The number of carboxylic acid groups (broad SMARTS) is 1. The molecule has 2 heterocycles. The van der Waals surface area contributed by atoms with Crippen molar-refractivity contribution in [3.63, 3.8) is 0 Å². The Morgan fingerprint density at radius 3 is 2.91 bits per heavy atom. The van der Waals surface area contributed by atoms with E-state index in [2.05, 4.69) is 4.98 Å². The molecule has 0 fully saturated rings.